The summed E-state index contributed by atoms with van der Waals surface area (Å²) in [5.41, 5.74) is 7.95. The fourth-order valence-corrected chi connectivity index (χ4v) is 4.41. The summed E-state index contributed by atoms with van der Waals surface area (Å²) < 4.78 is 0. The van der Waals surface area contributed by atoms with Gasteiger partial charge in [0.05, 0.1) is 0 Å². The maximum Gasteiger partial charge on any atom is 0.144 e. The van der Waals surface area contributed by atoms with Crippen LogP contribution in [0.3, 0.4) is 0 Å². The number of rotatable bonds is 1. The molecule has 118 valence electrons. The van der Waals surface area contributed by atoms with Crippen LogP contribution in [0.1, 0.15) is 47.9 Å². The number of phenols is 2. The van der Waals surface area contributed by atoms with Crippen molar-refractivity contribution < 1.29 is 10.2 Å². The molecular formula is C20H23BO2. The van der Waals surface area contributed by atoms with Crippen LogP contribution in [-0.4, -0.2) is 18.1 Å². The van der Waals surface area contributed by atoms with E-state index in [0.717, 1.165) is 55.1 Å². The SMILES string of the molecule is Bc1cc2c(c(-c3c(O)ccc4c3CCCC4)c1O)CCCC2. The van der Waals surface area contributed by atoms with Crippen LogP contribution in [0.25, 0.3) is 11.1 Å². The Bertz CT molecular complexity index is 780. The second-order valence-corrected chi connectivity index (χ2v) is 7.07. The van der Waals surface area contributed by atoms with Crippen LogP contribution in [0, 0.1) is 0 Å². The molecule has 0 unspecified atom stereocenters. The van der Waals surface area contributed by atoms with Gasteiger partial charge in [-0.25, -0.2) is 0 Å². The highest BCUT2D eigenvalue weighted by Crippen LogP contribution is 2.45. The average Bonchev–Trinajstić information content (AvgIpc) is 2.57. The van der Waals surface area contributed by atoms with E-state index in [4.69, 9.17) is 0 Å². The van der Waals surface area contributed by atoms with Crippen molar-refractivity contribution in [1.82, 2.24) is 0 Å². The Morgan fingerprint density at radius 3 is 2.09 bits per heavy atom. The molecule has 0 aromatic heterocycles. The largest absolute Gasteiger partial charge is 0.508 e. The van der Waals surface area contributed by atoms with Crippen molar-refractivity contribution in [2.75, 3.05) is 0 Å². The first kappa shape index (κ1) is 14.7. The number of phenolic OH excluding ortho intramolecular Hbond substituents is 2. The zero-order valence-corrected chi connectivity index (χ0v) is 13.8. The fourth-order valence-electron chi connectivity index (χ4n) is 4.41. The van der Waals surface area contributed by atoms with Crippen molar-refractivity contribution in [2.45, 2.75) is 51.4 Å². The van der Waals surface area contributed by atoms with Crippen LogP contribution in [0.5, 0.6) is 11.5 Å². The smallest absolute Gasteiger partial charge is 0.144 e. The quantitative estimate of drug-likeness (QED) is 0.795. The van der Waals surface area contributed by atoms with Gasteiger partial charge in [0.15, 0.2) is 0 Å². The lowest BCUT2D eigenvalue weighted by Crippen LogP contribution is -2.14. The van der Waals surface area contributed by atoms with E-state index >= 15 is 0 Å². The lowest BCUT2D eigenvalue weighted by atomic mass is 9.77. The van der Waals surface area contributed by atoms with Gasteiger partial charge in [0, 0.05) is 11.1 Å². The molecule has 4 rings (SSSR count). The van der Waals surface area contributed by atoms with E-state index in [1.807, 2.05) is 13.9 Å². The number of hydrogen-bond acceptors (Lipinski definition) is 2. The van der Waals surface area contributed by atoms with Crippen LogP contribution in [-0.2, 0) is 25.7 Å². The zero-order chi connectivity index (χ0) is 16.0. The van der Waals surface area contributed by atoms with Crippen molar-refractivity contribution in [3.63, 3.8) is 0 Å². The second kappa shape index (κ2) is 5.63. The fraction of sp³-hybridized carbons (Fsp3) is 0.400. The predicted octanol–water partition coefficient (Wildman–Crippen LogP) is 2.78. The molecule has 0 radical (unpaired) electrons. The topological polar surface area (TPSA) is 40.5 Å². The van der Waals surface area contributed by atoms with Crippen LogP contribution < -0.4 is 5.46 Å². The molecule has 0 aliphatic heterocycles. The van der Waals surface area contributed by atoms with E-state index in [1.165, 1.54) is 35.1 Å². The van der Waals surface area contributed by atoms with Crippen LogP contribution in [0.15, 0.2) is 18.2 Å². The highest BCUT2D eigenvalue weighted by atomic mass is 16.3. The minimum Gasteiger partial charge on any atom is -0.508 e. The molecule has 0 fully saturated rings. The maximum absolute atomic E-state index is 10.8. The van der Waals surface area contributed by atoms with Gasteiger partial charge in [-0.1, -0.05) is 12.1 Å². The summed E-state index contributed by atoms with van der Waals surface area (Å²) in [6.45, 7) is 0. The summed E-state index contributed by atoms with van der Waals surface area (Å²) in [5, 5.41) is 21.4. The Balaban J connectivity index is 2.04. The standard InChI is InChI=1S/C20H23BO2/c21-16-11-13-6-2-4-8-15(13)19(20(16)23)18-14-7-3-1-5-12(14)9-10-17(18)22/h9-11,22-23H,1-8,21H2. The number of fused-ring (bicyclic) bond motifs is 2. The van der Waals surface area contributed by atoms with Crippen molar-refractivity contribution in [2.24, 2.45) is 0 Å². The number of hydrogen-bond donors (Lipinski definition) is 2. The molecule has 2 N–H and O–H groups in total. The lowest BCUT2D eigenvalue weighted by Gasteiger charge is -2.26. The highest BCUT2D eigenvalue weighted by molar-refractivity contribution is 6.35. The molecule has 0 spiro atoms. The summed E-state index contributed by atoms with van der Waals surface area (Å²) in [7, 11) is 1.97. The molecule has 2 aliphatic carbocycles. The third-order valence-corrected chi connectivity index (χ3v) is 5.57. The minimum absolute atomic E-state index is 0.319. The van der Waals surface area contributed by atoms with E-state index in [1.54, 1.807) is 0 Å². The Kier molecular flexibility index (Phi) is 3.59. The summed E-state index contributed by atoms with van der Waals surface area (Å²) >= 11 is 0. The van der Waals surface area contributed by atoms with Gasteiger partial charge in [-0.15, -0.1) is 0 Å². The molecule has 23 heavy (non-hydrogen) atoms. The maximum atomic E-state index is 10.8. The Hall–Kier alpha value is -1.90. The number of benzene rings is 2. The van der Waals surface area contributed by atoms with E-state index in [0.29, 0.717) is 11.5 Å². The highest BCUT2D eigenvalue weighted by Gasteiger charge is 2.25. The first-order chi connectivity index (χ1) is 11.2. The first-order valence-corrected chi connectivity index (χ1v) is 8.85. The summed E-state index contributed by atoms with van der Waals surface area (Å²) in [4.78, 5) is 0. The van der Waals surface area contributed by atoms with Crippen LogP contribution in [0.2, 0.25) is 0 Å². The summed E-state index contributed by atoms with van der Waals surface area (Å²) in [6.07, 6.45) is 8.93. The third kappa shape index (κ3) is 2.34. The van der Waals surface area contributed by atoms with E-state index in [2.05, 4.69) is 12.1 Å². The molecule has 2 nitrogen and oxygen atoms in total. The predicted molar refractivity (Wildman–Crippen MR) is 96.7 cm³/mol. The van der Waals surface area contributed by atoms with E-state index in [-0.39, 0.29) is 0 Å². The number of aromatic hydroxyl groups is 2. The van der Waals surface area contributed by atoms with Crippen molar-refractivity contribution in [1.29, 1.82) is 0 Å². The van der Waals surface area contributed by atoms with Crippen LogP contribution >= 0.6 is 0 Å². The number of aryl methyl sites for hydroxylation is 2. The van der Waals surface area contributed by atoms with Crippen LogP contribution in [0.4, 0.5) is 0 Å². The zero-order valence-electron chi connectivity index (χ0n) is 13.8. The Labute approximate surface area is 138 Å². The molecule has 0 bridgehead atoms. The molecule has 0 saturated heterocycles. The van der Waals surface area contributed by atoms with Gasteiger partial charge in [-0.3, -0.25) is 0 Å². The summed E-state index contributed by atoms with van der Waals surface area (Å²) in [5.74, 6) is 0.680. The molecule has 0 heterocycles. The molecule has 2 aliphatic rings. The first-order valence-electron chi connectivity index (χ1n) is 8.85. The van der Waals surface area contributed by atoms with Gasteiger partial charge < -0.3 is 10.2 Å². The lowest BCUT2D eigenvalue weighted by molar-refractivity contribution is 0.468. The van der Waals surface area contributed by atoms with E-state index < -0.39 is 0 Å². The Morgan fingerprint density at radius 1 is 0.739 bits per heavy atom. The summed E-state index contributed by atoms with van der Waals surface area (Å²) in [6, 6.07) is 6.02. The Morgan fingerprint density at radius 2 is 1.35 bits per heavy atom. The minimum atomic E-state index is 0.319. The van der Waals surface area contributed by atoms with Crippen molar-refractivity contribution in [3.05, 3.63) is 40.5 Å². The molecule has 0 atom stereocenters. The van der Waals surface area contributed by atoms with Gasteiger partial charge in [0.2, 0.25) is 0 Å². The van der Waals surface area contributed by atoms with E-state index in [9.17, 15) is 10.2 Å². The van der Waals surface area contributed by atoms with Gasteiger partial charge in [0.25, 0.3) is 0 Å². The molecule has 2 aromatic rings. The molecule has 3 heteroatoms. The normalized spacial score (nSPS) is 16.7. The van der Waals surface area contributed by atoms with Gasteiger partial charge in [-0.2, -0.15) is 0 Å². The monoisotopic (exact) mass is 306 g/mol. The van der Waals surface area contributed by atoms with Gasteiger partial charge in [0.1, 0.15) is 19.3 Å². The molecule has 2 aromatic carbocycles. The van der Waals surface area contributed by atoms with Gasteiger partial charge in [-0.05, 0) is 85.1 Å². The van der Waals surface area contributed by atoms with Crippen molar-refractivity contribution >= 4 is 13.3 Å². The second-order valence-electron chi connectivity index (χ2n) is 7.07. The average molecular weight is 306 g/mol. The molecule has 0 amide bonds. The van der Waals surface area contributed by atoms with Crippen molar-refractivity contribution in [3.8, 4) is 22.6 Å². The van der Waals surface area contributed by atoms with Gasteiger partial charge >= 0.3 is 0 Å². The molecular weight excluding hydrogens is 283 g/mol. The third-order valence-electron chi connectivity index (χ3n) is 5.57. The molecule has 0 saturated carbocycles.